The van der Waals surface area contributed by atoms with Gasteiger partial charge < -0.3 is 5.11 Å². The molecule has 0 amide bonds. The van der Waals surface area contributed by atoms with Gasteiger partial charge >= 0.3 is 6.18 Å². The van der Waals surface area contributed by atoms with E-state index in [0.29, 0.717) is 12.1 Å². The van der Waals surface area contributed by atoms with Gasteiger partial charge in [-0.1, -0.05) is 24.3 Å². The number of pyridine rings is 1. The Balaban J connectivity index is 2.00. The summed E-state index contributed by atoms with van der Waals surface area (Å²) in [5.41, 5.74) is 0.864. The minimum atomic E-state index is -4.47. The first-order valence-corrected chi connectivity index (χ1v) is 6.76. The molecule has 0 saturated carbocycles. The summed E-state index contributed by atoms with van der Waals surface area (Å²) < 4.78 is 39.2. The largest absolute Gasteiger partial charge is 0.416 e. The zero-order valence-corrected chi connectivity index (χ0v) is 11.1. The SMILES string of the molecule is OC(c1ccccc1C(F)(F)F)C1CCc2cccnc21. The Morgan fingerprint density at radius 2 is 1.90 bits per heavy atom. The lowest BCUT2D eigenvalue weighted by Crippen LogP contribution is -2.16. The van der Waals surface area contributed by atoms with Crippen molar-refractivity contribution in [3.8, 4) is 0 Å². The van der Waals surface area contributed by atoms with Gasteiger partial charge in [-0.15, -0.1) is 0 Å². The van der Waals surface area contributed by atoms with Crippen molar-refractivity contribution in [2.45, 2.75) is 31.0 Å². The van der Waals surface area contributed by atoms with Crippen LogP contribution in [0.25, 0.3) is 0 Å². The number of aliphatic hydroxyl groups is 1. The third-order valence-electron chi connectivity index (χ3n) is 3.97. The Morgan fingerprint density at radius 1 is 1.14 bits per heavy atom. The molecule has 3 rings (SSSR count). The molecule has 2 atom stereocenters. The van der Waals surface area contributed by atoms with Crippen LogP contribution >= 0.6 is 0 Å². The molecule has 1 aromatic carbocycles. The van der Waals surface area contributed by atoms with E-state index in [0.717, 1.165) is 18.1 Å². The molecule has 0 saturated heterocycles. The maximum atomic E-state index is 13.1. The number of rotatable bonds is 2. The summed E-state index contributed by atoms with van der Waals surface area (Å²) in [6, 6.07) is 8.91. The van der Waals surface area contributed by atoms with Gasteiger partial charge in [-0.2, -0.15) is 13.2 Å². The number of hydrogen-bond acceptors (Lipinski definition) is 2. The number of alkyl halides is 3. The second-order valence-electron chi connectivity index (χ2n) is 5.22. The summed E-state index contributed by atoms with van der Waals surface area (Å²) in [5, 5.41) is 10.5. The van der Waals surface area contributed by atoms with Gasteiger partial charge in [-0.25, -0.2) is 0 Å². The standard InChI is InChI=1S/C16H14F3NO/c17-16(18,19)13-6-2-1-5-11(13)15(21)12-8-7-10-4-3-9-20-14(10)12/h1-6,9,12,15,21H,7-8H2. The molecule has 2 nitrogen and oxygen atoms in total. The van der Waals surface area contributed by atoms with Gasteiger partial charge in [0.25, 0.3) is 0 Å². The molecule has 1 aromatic heterocycles. The van der Waals surface area contributed by atoms with E-state index in [-0.39, 0.29) is 11.5 Å². The highest BCUT2D eigenvalue weighted by molar-refractivity contribution is 5.37. The third-order valence-corrected chi connectivity index (χ3v) is 3.97. The van der Waals surface area contributed by atoms with Crippen LogP contribution < -0.4 is 0 Å². The van der Waals surface area contributed by atoms with Crippen molar-refractivity contribution in [1.29, 1.82) is 0 Å². The number of nitrogens with zero attached hydrogens (tertiary/aromatic N) is 1. The maximum absolute atomic E-state index is 13.1. The zero-order chi connectivity index (χ0) is 15.0. The molecule has 110 valence electrons. The van der Waals surface area contributed by atoms with E-state index in [2.05, 4.69) is 4.98 Å². The molecule has 0 spiro atoms. The molecule has 1 aliphatic rings. The van der Waals surface area contributed by atoms with E-state index in [1.165, 1.54) is 18.2 Å². The minimum absolute atomic E-state index is 0.0755. The van der Waals surface area contributed by atoms with E-state index in [4.69, 9.17) is 0 Å². The highest BCUT2D eigenvalue weighted by Gasteiger charge is 2.38. The van der Waals surface area contributed by atoms with Crippen LogP contribution in [0, 0.1) is 0 Å². The normalized spacial score (nSPS) is 19.3. The number of fused-ring (bicyclic) bond motifs is 1. The molecule has 0 aliphatic heterocycles. The van der Waals surface area contributed by atoms with Crippen molar-refractivity contribution in [2.75, 3.05) is 0 Å². The minimum Gasteiger partial charge on any atom is -0.388 e. The van der Waals surface area contributed by atoms with Crippen molar-refractivity contribution in [2.24, 2.45) is 0 Å². The molecule has 2 unspecified atom stereocenters. The van der Waals surface area contributed by atoms with Crippen molar-refractivity contribution < 1.29 is 18.3 Å². The average molecular weight is 293 g/mol. The van der Waals surface area contributed by atoms with Crippen LogP contribution in [-0.2, 0) is 12.6 Å². The summed E-state index contributed by atoms with van der Waals surface area (Å²) in [5.74, 6) is -0.385. The number of halogens is 3. The Morgan fingerprint density at radius 3 is 2.67 bits per heavy atom. The highest BCUT2D eigenvalue weighted by atomic mass is 19.4. The van der Waals surface area contributed by atoms with E-state index >= 15 is 0 Å². The number of aliphatic hydroxyl groups excluding tert-OH is 1. The summed E-state index contributed by atoms with van der Waals surface area (Å²) in [6.07, 6.45) is -2.71. The monoisotopic (exact) mass is 293 g/mol. The maximum Gasteiger partial charge on any atom is 0.416 e. The van der Waals surface area contributed by atoms with Gasteiger partial charge in [0.1, 0.15) is 0 Å². The van der Waals surface area contributed by atoms with E-state index in [1.54, 1.807) is 12.3 Å². The first kappa shape index (κ1) is 14.1. The Kier molecular flexibility index (Phi) is 3.45. The summed E-state index contributed by atoms with van der Waals surface area (Å²) >= 11 is 0. The van der Waals surface area contributed by atoms with Gasteiger partial charge in [0.2, 0.25) is 0 Å². The molecule has 1 aliphatic carbocycles. The predicted molar refractivity (Wildman–Crippen MR) is 71.7 cm³/mol. The van der Waals surface area contributed by atoms with Crippen LogP contribution in [0.2, 0.25) is 0 Å². The number of aryl methyl sites for hydroxylation is 1. The highest BCUT2D eigenvalue weighted by Crippen LogP contribution is 2.43. The van der Waals surface area contributed by atoms with Gasteiger partial charge in [-0.3, -0.25) is 4.98 Å². The molecular formula is C16H14F3NO. The summed E-state index contributed by atoms with van der Waals surface area (Å²) in [4.78, 5) is 4.24. The van der Waals surface area contributed by atoms with Crippen LogP contribution in [0.4, 0.5) is 13.2 Å². The Hall–Kier alpha value is -1.88. The number of hydrogen-bond donors (Lipinski definition) is 1. The molecule has 1 N–H and O–H groups in total. The van der Waals surface area contributed by atoms with Crippen LogP contribution in [0.3, 0.4) is 0 Å². The molecular weight excluding hydrogens is 279 g/mol. The van der Waals surface area contributed by atoms with Gasteiger partial charge in [0.15, 0.2) is 0 Å². The van der Waals surface area contributed by atoms with E-state index < -0.39 is 17.8 Å². The first-order chi connectivity index (χ1) is 9.98. The van der Waals surface area contributed by atoms with Crippen LogP contribution in [-0.4, -0.2) is 10.1 Å². The summed E-state index contributed by atoms with van der Waals surface area (Å²) in [6.45, 7) is 0. The van der Waals surface area contributed by atoms with Crippen LogP contribution in [0.15, 0.2) is 42.6 Å². The molecule has 1 heterocycles. The molecule has 0 fully saturated rings. The number of benzene rings is 1. The molecule has 5 heteroatoms. The lowest BCUT2D eigenvalue weighted by molar-refractivity contribution is -0.139. The molecule has 0 bridgehead atoms. The smallest absolute Gasteiger partial charge is 0.388 e. The third kappa shape index (κ3) is 2.53. The fourth-order valence-electron chi connectivity index (χ4n) is 2.98. The average Bonchev–Trinajstić information content (AvgIpc) is 2.89. The molecule has 21 heavy (non-hydrogen) atoms. The van der Waals surface area contributed by atoms with Crippen molar-refractivity contribution in [3.05, 3.63) is 65.0 Å². The lowest BCUT2D eigenvalue weighted by atomic mass is 9.90. The Bertz CT molecular complexity index is 654. The van der Waals surface area contributed by atoms with Crippen molar-refractivity contribution >= 4 is 0 Å². The van der Waals surface area contributed by atoms with Crippen LogP contribution in [0.1, 0.15) is 40.8 Å². The molecule has 0 radical (unpaired) electrons. The fourth-order valence-corrected chi connectivity index (χ4v) is 2.98. The second-order valence-corrected chi connectivity index (χ2v) is 5.22. The van der Waals surface area contributed by atoms with Gasteiger partial charge in [0.05, 0.1) is 11.7 Å². The predicted octanol–water partition coefficient (Wildman–Crippen LogP) is 3.86. The van der Waals surface area contributed by atoms with E-state index in [9.17, 15) is 18.3 Å². The quantitative estimate of drug-likeness (QED) is 0.912. The first-order valence-electron chi connectivity index (χ1n) is 6.76. The van der Waals surface area contributed by atoms with Crippen molar-refractivity contribution in [3.63, 3.8) is 0 Å². The van der Waals surface area contributed by atoms with Gasteiger partial charge in [0, 0.05) is 17.8 Å². The summed E-state index contributed by atoms with van der Waals surface area (Å²) in [7, 11) is 0. The topological polar surface area (TPSA) is 33.1 Å². The van der Waals surface area contributed by atoms with Gasteiger partial charge in [-0.05, 0) is 36.1 Å². The van der Waals surface area contributed by atoms with Crippen molar-refractivity contribution in [1.82, 2.24) is 4.98 Å². The zero-order valence-electron chi connectivity index (χ0n) is 11.1. The number of aromatic nitrogens is 1. The lowest BCUT2D eigenvalue weighted by Gasteiger charge is -2.22. The van der Waals surface area contributed by atoms with E-state index in [1.807, 2.05) is 6.07 Å². The second kappa shape index (κ2) is 5.15. The van der Waals surface area contributed by atoms with Crippen LogP contribution in [0.5, 0.6) is 0 Å². The fraction of sp³-hybridized carbons (Fsp3) is 0.312. The molecule has 2 aromatic rings. The Labute approximate surface area is 120 Å².